The Bertz CT molecular complexity index is 1510. The number of rotatable bonds is 0. The monoisotopic (exact) mass is 340 g/mol. The molecule has 2 aromatic carbocycles. The summed E-state index contributed by atoms with van der Waals surface area (Å²) < 4.78 is 18.8. The van der Waals surface area contributed by atoms with Gasteiger partial charge in [0.2, 0.25) is 5.52 Å². The van der Waals surface area contributed by atoms with E-state index in [0.717, 1.165) is 38.2 Å². The number of benzene rings is 2. The quantitative estimate of drug-likeness (QED) is 0.224. The molecule has 4 aromatic heterocycles. The first-order valence-corrected chi connectivity index (χ1v) is 8.65. The molecule has 0 aliphatic carbocycles. The number of nitrogens with zero attached hydrogens (tertiary/aromatic N) is 3. The first kappa shape index (κ1) is 14.0. The lowest BCUT2D eigenvalue weighted by atomic mass is 10.00. The molecule has 0 amide bonds. The Balaban J connectivity index is 2.17. The predicted octanol–water partition coefficient (Wildman–Crippen LogP) is 4.66. The smallest absolute Gasteiger partial charge is 0.224 e. The van der Waals surface area contributed by atoms with Crippen LogP contribution in [0.15, 0.2) is 55.0 Å². The van der Waals surface area contributed by atoms with Crippen LogP contribution < -0.4 is 4.57 Å². The summed E-state index contributed by atoms with van der Waals surface area (Å²) in [6, 6.07) is 11.6. The van der Waals surface area contributed by atoms with Gasteiger partial charge in [0.05, 0.1) is 33.5 Å². The van der Waals surface area contributed by atoms with E-state index in [2.05, 4.69) is 40.1 Å². The minimum Gasteiger partial charge on any atom is -0.306 e. The average Bonchev–Trinajstić information content (AvgIpc) is 2.97. The molecule has 6 rings (SSSR count). The highest BCUT2D eigenvalue weighted by Crippen LogP contribution is 2.40. The van der Waals surface area contributed by atoms with Crippen molar-refractivity contribution in [2.24, 2.45) is 7.05 Å². The van der Waals surface area contributed by atoms with Crippen molar-refractivity contribution in [2.45, 2.75) is 6.92 Å². The zero-order valence-electron chi connectivity index (χ0n) is 14.4. The minimum atomic E-state index is -0.220. The summed E-state index contributed by atoms with van der Waals surface area (Å²) in [7, 11) is 2.06. The van der Waals surface area contributed by atoms with Crippen LogP contribution in [0.5, 0.6) is 0 Å². The lowest BCUT2D eigenvalue weighted by Crippen LogP contribution is -2.28. The SMILES string of the molecule is Cc1ccc2c3ccncc3n3c4cc(F)cc5cc[n+](C)c(c1c23)c54. The molecule has 4 heterocycles. The lowest BCUT2D eigenvalue weighted by molar-refractivity contribution is -0.643. The van der Waals surface area contributed by atoms with Crippen molar-refractivity contribution in [3.8, 4) is 0 Å². The molecular weight excluding hydrogens is 325 g/mol. The van der Waals surface area contributed by atoms with Crippen molar-refractivity contribution in [2.75, 3.05) is 0 Å². The molecule has 0 aliphatic heterocycles. The summed E-state index contributed by atoms with van der Waals surface area (Å²) >= 11 is 0. The first-order valence-electron chi connectivity index (χ1n) is 8.65. The Morgan fingerprint density at radius 1 is 1.00 bits per heavy atom. The molecule has 0 atom stereocenters. The van der Waals surface area contributed by atoms with E-state index in [0.29, 0.717) is 0 Å². The highest BCUT2D eigenvalue weighted by molar-refractivity contribution is 6.25. The molecule has 3 nitrogen and oxygen atoms in total. The van der Waals surface area contributed by atoms with Crippen molar-refractivity contribution in [1.82, 2.24) is 9.38 Å². The van der Waals surface area contributed by atoms with Gasteiger partial charge in [-0.1, -0.05) is 12.1 Å². The largest absolute Gasteiger partial charge is 0.306 e. The number of aryl methyl sites for hydroxylation is 2. The van der Waals surface area contributed by atoms with Crippen LogP contribution in [0, 0.1) is 12.7 Å². The topological polar surface area (TPSA) is 21.2 Å². The zero-order valence-corrected chi connectivity index (χ0v) is 14.4. The summed E-state index contributed by atoms with van der Waals surface area (Å²) in [4.78, 5) is 4.33. The van der Waals surface area contributed by atoms with Gasteiger partial charge in [0, 0.05) is 23.0 Å². The van der Waals surface area contributed by atoms with Crippen molar-refractivity contribution >= 4 is 49.0 Å². The second kappa shape index (κ2) is 4.47. The second-order valence-corrected chi connectivity index (χ2v) is 7.05. The number of halogens is 1. The number of hydrogen-bond acceptors (Lipinski definition) is 1. The maximum absolute atomic E-state index is 14.4. The average molecular weight is 340 g/mol. The molecule has 6 aromatic rings. The molecule has 0 saturated heterocycles. The van der Waals surface area contributed by atoms with Crippen molar-refractivity contribution in [1.29, 1.82) is 0 Å². The van der Waals surface area contributed by atoms with Gasteiger partial charge < -0.3 is 4.40 Å². The Hall–Kier alpha value is -3.27. The van der Waals surface area contributed by atoms with E-state index >= 15 is 0 Å². The molecule has 0 radical (unpaired) electrons. The van der Waals surface area contributed by atoms with Crippen molar-refractivity contribution < 1.29 is 8.96 Å². The molecule has 4 heteroatoms. The van der Waals surface area contributed by atoms with Crippen molar-refractivity contribution in [3.63, 3.8) is 0 Å². The van der Waals surface area contributed by atoms with Crippen LogP contribution in [-0.4, -0.2) is 9.38 Å². The number of aromatic nitrogens is 3. The van der Waals surface area contributed by atoms with Gasteiger partial charge in [-0.15, -0.1) is 0 Å². The lowest BCUT2D eigenvalue weighted by Gasteiger charge is -2.12. The third-order valence-corrected chi connectivity index (χ3v) is 5.60. The maximum Gasteiger partial charge on any atom is 0.224 e. The standard InChI is InChI=1S/C22H15FN3/c1-12-3-4-16-15-5-7-24-11-18(15)26-17-10-14(23)9-13-6-8-25(2)22(20(13)17)19(12)21(16)26/h3-11H,1-2H3/q+1. The van der Waals surface area contributed by atoms with Crippen LogP contribution in [0.2, 0.25) is 0 Å². The minimum absolute atomic E-state index is 0.220. The molecule has 0 fully saturated rings. The molecule has 26 heavy (non-hydrogen) atoms. The molecule has 0 bridgehead atoms. The molecule has 0 saturated carbocycles. The molecular formula is C22H15FN3+. The highest BCUT2D eigenvalue weighted by atomic mass is 19.1. The van der Waals surface area contributed by atoms with E-state index in [1.165, 1.54) is 16.3 Å². The van der Waals surface area contributed by atoms with Crippen LogP contribution in [0.1, 0.15) is 5.56 Å². The van der Waals surface area contributed by atoms with Gasteiger partial charge in [0.1, 0.15) is 12.9 Å². The number of pyridine rings is 3. The highest BCUT2D eigenvalue weighted by Gasteiger charge is 2.23. The van der Waals surface area contributed by atoms with Gasteiger partial charge in [-0.05, 0) is 36.1 Å². The van der Waals surface area contributed by atoms with Gasteiger partial charge in [-0.3, -0.25) is 4.98 Å². The predicted molar refractivity (Wildman–Crippen MR) is 102 cm³/mol. The summed E-state index contributed by atoms with van der Waals surface area (Å²) in [5.74, 6) is -0.220. The summed E-state index contributed by atoms with van der Waals surface area (Å²) in [6.45, 7) is 2.14. The molecule has 0 unspecified atom stereocenters. The van der Waals surface area contributed by atoms with Crippen LogP contribution in [0.25, 0.3) is 49.0 Å². The van der Waals surface area contributed by atoms with Crippen LogP contribution in [0.3, 0.4) is 0 Å². The van der Waals surface area contributed by atoms with Gasteiger partial charge in [-0.25, -0.2) is 8.96 Å². The third-order valence-electron chi connectivity index (χ3n) is 5.60. The van der Waals surface area contributed by atoms with Gasteiger partial charge in [0.15, 0.2) is 6.20 Å². The third kappa shape index (κ3) is 1.48. The van der Waals surface area contributed by atoms with E-state index in [1.807, 2.05) is 30.7 Å². The first-order chi connectivity index (χ1) is 12.6. The van der Waals surface area contributed by atoms with Crippen LogP contribution >= 0.6 is 0 Å². The Morgan fingerprint density at radius 3 is 2.77 bits per heavy atom. The normalized spacial score (nSPS) is 12.4. The Labute approximate surface area is 148 Å². The van der Waals surface area contributed by atoms with Gasteiger partial charge >= 0.3 is 0 Å². The fourth-order valence-electron chi connectivity index (χ4n) is 4.53. The molecule has 0 N–H and O–H groups in total. The van der Waals surface area contributed by atoms with Crippen LogP contribution in [-0.2, 0) is 7.05 Å². The molecule has 124 valence electrons. The van der Waals surface area contributed by atoms with E-state index in [-0.39, 0.29) is 5.82 Å². The number of fused-ring (bicyclic) bond motifs is 5. The fraction of sp³-hybridized carbons (Fsp3) is 0.0909. The van der Waals surface area contributed by atoms with Gasteiger partial charge in [0.25, 0.3) is 0 Å². The number of hydrogen-bond donors (Lipinski definition) is 0. The fourth-order valence-corrected chi connectivity index (χ4v) is 4.53. The van der Waals surface area contributed by atoms with E-state index in [1.54, 1.807) is 12.1 Å². The van der Waals surface area contributed by atoms with E-state index in [4.69, 9.17) is 0 Å². The van der Waals surface area contributed by atoms with Crippen molar-refractivity contribution in [3.05, 3.63) is 66.4 Å². The maximum atomic E-state index is 14.4. The van der Waals surface area contributed by atoms with Gasteiger partial charge in [-0.2, -0.15) is 0 Å². The second-order valence-electron chi connectivity index (χ2n) is 7.05. The van der Waals surface area contributed by atoms with Crippen LogP contribution in [0.4, 0.5) is 4.39 Å². The summed E-state index contributed by atoms with van der Waals surface area (Å²) in [5, 5.41) is 5.53. The summed E-state index contributed by atoms with van der Waals surface area (Å²) in [5.41, 5.74) is 5.39. The van der Waals surface area contributed by atoms with E-state index in [9.17, 15) is 4.39 Å². The Kier molecular flexibility index (Phi) is 2.40. The Morgan fingerprint density at radius 2 is 1.88 bits per heavy atom. The molecule has 0 spiro atoms. The van der Waals surface area contributed by atoms with E-state index < -0.39 is 0 Å². The molecule has 0 aliphatic rings. The zero-order chi connectivity index (χ0) is 17.6. The summed E-state index contributed by atoms with van der Waals surface area (Å²) in [6.07, 6.45) is 5.70.